The molecular formula is C16H13Cl2N3O2. The van der Waals surface area contributed by atoms with E-state index in [-0.39, 0.29) is 5.91 Å². The summed E-state index contributed by atoms with van der Waals surface area (Å²) < 4.78 is 0. The van der Waals surface area contributed by atoms with Crippen molar-refractivity contribution in [1.82, 2.24) is 5.43 Å². The Morgan fingerprint density at radius 3 is 2.61 bits per heavy atom. The molecule has 0 bridgehead atoms. The third kappa shape index (κ3) is 4.81. The van der Waals surface area contributed by atoms with Gasteiger partial charge in [0.25, 0.3) is 5.91 Å². The fraction of sp³-hybridized carbons (Fsp3) is 0.0625. The lowest BCUT2D eigenvalue weighted by Crippen LogP contribution is -2.18. The highest BCUT2D eigenvalue weighted by molar-refractivity contribution is 6.43. The quantitative estimate of drug-likeness (QED) is 0.652. The highest BCUT2D eigenvalue weighted by atomic mass is 35.5. The molecule has 2 aromatic carbocycles. The number of rotatable bonds is 4. The van der Waals surface area contributed by atoms with E-state index in [0.29, 0.717) is 26.9 Å². The van der Waals surface area contributed by atoms with E-state index in [0.717, 1.165) is 0 Å². The molecule has 2 aromatic rings. The molecule has 0 saturated carbocycles. The predicted molar refractivity (Wildman–Crippen MR) is 92.3 cm³/mol. The molecule has 2 amide bonds. The van der Waals surface area contributed by atoms with E-state index in [1.54, 1.807) is 42.5 Å². The first kappa shape index (κ1) is 17.0. The van der Waals surface area contributed by atoms with Crippen molar-refractivity contribution in [2.75, 3.05) is 5.32 Å². The molecule has 118 valence electrons. The fourth-order valence-electron chi connectivity index (χ4n) is 1.79. The van der Waals surface area contributed by atoms with Crippen molar-refractivity contribution in [3.8, 4) is 0 Å². The average molecular weight is 350 g/mol. The Hall–Kier alpha value is -2.37. The molecule has 0 radical (unpaired) electrons. The van der Waals surface area contributed by atoms with E-state index in [1.165, 1.54) is 13.1 Å². The van der Waals surface area contributed by atoms with Gasteiger partial charge < -0.3 is 5.32 Å². The summed E-state index contributed by atoms with van der Waals surface area (Å²) in [7, 11) is 0. The molecule has 0 saturated heterocycles. The van der Waals surface area contributed by atoms with Crippen LogP contribution in [0.5, 0.6) is 0 Å². The molecule has 5 nitrogen and oxygen atoms in total. The van der Waals surface area contributed by atoms with Gasteiger partial charge in [-0.25, -0.2) is 5.43 Å². The van der Waals surface area contributed by atoms with Gasteiger partial charge in [0.2, 0.25) is 5.91 Å². The maximum atomic E-state index is 12.0. The van der Waals surface area contributed by atoms with Gasteiger partial charge in [0.15, 0.2) is 0 Å². The second-order valence-electron chi connectivity index (χ2n) is 4.60. The Morgan fingerprint density at radius 1 is 1.13 bits per heavy atom. The summed E-state index contributed by atoms with van der Waals surface area (Å²) in [6.45, 7) is 1.39. The number of hydrazone groups is 1. The lowest BCUT2D eigenvalue weighted by molar-refractivity contribution is -0.114. The van der Waals surface area contributed by atoms with Crippen LogP contribution < -0.4 is 10.7 Å². The molecule has 0 unspecified atom stereocenters. The standard InChI is InChI=1S/C16H13Cl2N3O2/c1-10(22)20-13-6-2-4-11(8-13)16(23)21-19-9-12-5-3-7-14(17)15(12)18/h2-9H,1H3,(H,20,22)(H,21,23)/b19-9-. The minimum Gasteiger partial charge on any atom is -0.326 e. The molecule has 0 aliphatic heterocycles. The second-order valence-corrected chi connectivity index (χ2v) is 5.39. The lowest BCUT2D eigenvalue weighted by atomic mass is 10.2. The predicted octanol–water partition coefficient (Wildman–Crippen LogP) is 3.72. The van der Waals surface area contributed by atoms with Gasteiger partial charge in [-0.15, -0.1) is 0 Å². The Morgan fingerprint density at radius 2 is 1.87 bits per heavy atom. The summed E-state index contributed by atoms with van der Waals surface area (Å²) in [6.07, 6.45) is 1.41. The summed E-state index contributed by atoms with van der Waals surface area (Å²) in [5.74, 6) is -0.622. The van der Waals surface area contributed by atoms with Crippen molar-refractivity contribution in [1.29, 1.82) is 0 Å². The number of nitrogens with zero attached hydrogens (tertiary/aromatic N) is 1. The summed E-state index contributed by atoms with van der Waals surface area (Å²) in [4.78, 5) is 23.1. The topological polar surface area (TPSA) is 70.6 Å². The summed E-state index contributed by atoms with van der Waals surface area (Å²) in [6, 6.07) is 11.6. The first-order valence-electron chi connectivity index (χ1n) is 6.62. The largest absolute Gasteiger partial charge is 0.326 e. The Bertz CT molecular complexity index is 776. The Labute approximate surface area is 143 Å². The molecule has 0 aromatic heterocycles. The molecule has 0 spiro atoms. The first-order chi connectivity index (χ1) is 11.0. The van der Waals surface area contributed by atoms with Gasteiger partial charge >= 0.3 is 0 Å². The van der Waals surface area contributed by atoms with Gasteiger partial charge in [-0.1, -0.05) is 41.4 Å². The zero-order valence-corrected chi connectivity index (χ0v) is 13.7. The number of carbonyl (C=O) groups excluding carboxylic acids is 2. The molecule has 2 N–H and O–H groups in total. The van der Waals surface area contributed by atoms with Crippen LogP contribution in [0, 0.1) is 0 Å². The number of halogens is 2. The maximum Gasteiger partial charge on any atom is 0.271 e. The molecule has 0 aliphatic carbocycles. The Balaban J connectivity index is 2.06. The highest BCUT2D eigenvalue weighted by Gasteiger charge is 2.06. The van der Waals surface area contributed by atoms with Crippen LogP contribution in [0.3, 0.4) is 0 Å². The van der Waals surface area contributed by atoms with Crippen LogP contribution in [-0.2, 0) is 4.79 Å². The number of benzene rings is 2. The molecule has 0 heterocycles. The second kappa shape index (κ2) is 7.76. The molecule has 7 heteroatoms. The van der Waals surface area contributed by atoms with E-state index < -0.39 is 5.91 Å². The molecular weight excluding hydrogens is 337 g/mol. The average Bonchev–Trinajstić information content (AvgIpc) is 2.51. The number of hydrogen-bond acceptors (Lipinski definition) is 3. The molecule has 0 atom stereocenters. The number of amides is 2. The number of nitrogens with one attached hydrogen (secondary N) is 2. The third-order valence-corrected chi connectivity index (χ3v) is 3.63. The van der Waals surface area contributed by atoms with Gasteiger partial charge in [0, 0.05) is 23.7 Å². The molecule has 23 heavy (non-hydrogen) atoms. The summed E-state index contributed by atoms with van der Waals surface area (Å²) >= 11 is 11.9. The number of hydrogen-bond donors (Lipinski definition) is 2. The summed E-state index contributed by atoms with van der Waals surface area (Å²) in [5.41, 5.74) is 3.88. The smallest absolute Gasteiger partial charge is 0.271 e. The van der Waals surface area contributed by atoms with E-state index in [2.05, 4.69) is 15.8 Å². The van der Waals surface area contributed by atoms with Crippen LogP contribution in [0.2, 0.25) is 10.0 Å². The van der Waals surface area contributed by atoms with Gasteiger partial charge in [-0.2, -0.15) is 5.10 Å². The zero-order valence-electron chi connectivity index (χ0n) is 12.1. The zero-order chi connectivity index (χ0) is 16.8. The highest BCUT2D eigenvalue weighted by Crippen LogP contribution is 2.24. The maximum absolute atomic E-state index is 12.0. The number of carbonyl (C=O) groups is 2. The minimum absolute atomic E-state index is 0.212. The first-order valence-corrected chi connectivity index (χ1v) is 7.38. The Kier molecular flexibility index (Phi) is 5.73. The van der Waals surface area contributed by atoms with Crippen molar-refractivity contribution in [2.24, 2.45) is 5.10 Å². The van der Waals surface area contributed by atoms with Crippen LogP contribution in [-0.4, -0.2) is 18.0 Å². The van der Waals surface area contributed by atoms with E-state index in [4.69, 9.17) is 23.2 Å². The lowest BCUT2D eigenvalue weighted by Gasteiger charge is -2.05. The van der Waals surface area contributed by atoms with Crippen molar-refractivity contribution in [2.45, 2.75) is 6.92 Å². The number of anilines is 1. The molecule has 0 aliphatic rings. The van der Waals surface area contributed by atoms with Crippen LogP contribution in [0.4, 0.5) is 5.69 Å². The molecule has 0 fully saturated rings. The van der Waals surface area contributed by atoms with E-state index in [9.17, 15) is 9.59 Å². The normalized spacial score (nSPS) is 10.6. The van der Waals surface area contributed by atoms with E-state index >= 15 is 0 Å². The van der Waals surface area contributed by atoms with Gasteiger partial charge in [-0.3, -0.25) is 9.59 Å². The monoisotopic (exact) mass is 349 g/mol. The van der Waals surface area contributed by atoms with Crippen molar-refractivity contribution < 1.29 is 9.59 Å². The minimum atomic E-state index is -0.411. The van der Waals surface area contributed by atoms with Crippen LogP contribution in [0.1, 0.15) is 22.8 Å². The van der Waals surface area contributed by atoms with Crippen molar-refractivity contribution in [3.05, 3.63) is 63.6 Å². The van der Waals surface area contributed by atoms with Gasteiger partial charge in [0.1, 0.15) is 0 Å². The van der Waals surface area contributed by atoms with Crippen molar-refractivity contribution >= 4 is 46.9 Å². The molecule has 2 rings (SSSR count). The van der Waals surface area contributed by atoms with Crippen LogP contribution >= 0.6 is 23.2 Å². The summed E-state index contributed by atoms with van der Waals surface area (Å²) in [5, 5.41) is 7.23. The fourth-order valence-corrected chi connectivity index (χ4v) is 2.14. The van der Waals surface area contributed by atoms with E-state index in [1.807, 2.05) is 0 Å². The van der Waals surface area contributed by atoms with Gasteiger partial charge in [0.05, 0.1) is 16.3 Å². The van der Waals surface area contributed by atoms with Crippen molar-refractivity contribution in [3.63, 3.8) is 0 Å². The SMILES string of the molecule is CC(=O)Nc1cccc(C(=O)N/N=C\c2cccc(Cl)c2Cl)c1. The van der Waals surface area contributed by atoms with Crippen LogP contribution in [0.15, 0.2) is 47.6 Å². The van der Waals surface area contributed by atoms with Crippen LogP contribution in [0.25, 0.3) is 0 Å². The van der Waals surface area contributed by atoms with Gasteiger partial charge in [-0.05, 0) is 24.3 Å². The third-order valence-electron chi connectivity index (χ3n) is 2.80.